The number of benzene rings is 3. The smallest absolute Gasteiger partial charge is 0.266 e. The number of rotatable bonds is 6. The molecule has 150 valence electrons. The third-order valence-corrected chi connectivity index (χ3v) is 4.39. The molecule has 30 heavy (non-hydrogen) atoms. The molecule has 0 radical (unpaired) electrons. The lowest BCUT2D eigenvalue weighted by atomic mass is 10.1. The molecule has 0 saturated heterocycles. The normalized spacial score (nSPS) is 10.9. The second-order valence-electron chi connectivity index (χ2n) is 6.17. The van der Waals surface area contributed by atoms with Crippen molar-refractivity contribution in [1.29, 1.82) is 5.26 Å². The van der Waals surface area contributed by atoms with E-state index in [0.717, 1.165) is 0 Å². The molecular weight excluding hydrogens is 410 g/mol. The van der Waals surface area contributed by atoms with Crippen LogP contribution in [0.2, 0.25) is 5.02 Å². The van der Waals surface area contributed by atoms with Crippen LogP contribution in [0.15, 0.2) is 72.3 Å². The third kappa shape index (κ3) is 5.22. The van der Waals surface area contributed by atoms with Crippen molar-refractivity contribution in [2.24, 2.45) is 0 Å². The molecule has 1 N–H and O–H groups in total. The predicted molar refractivity (Wildman–Crippen MR) is 111 cm³/mol. The van der Waals surface area contributed by atoms with Crippen LogP contribution in [-0.2, 0) is 11.4 Å². The molecule has 0 aliphatic carbocycles. The molecule has 3 aromatic rings. The third-order valence-electron chi connectivity index (χ3n) is 4.10. The summed E-state index contributed by atoms with van der Waals surface area (Å²) >= 11 is 6.21. The summed E-state index contributed by atoms with van der Waals surface area (Å²) in [5, 5.41) is 11.9. The molecule has 0 aromatic heterocycles. The molecule has 0 unspecified atom stereocenters. The van der Waals surface area contributed by atoms with E-state index in [0.29, 0.717) is 16.9 Å². The van der Waals surface area contributed by atoms with Gasteiger partial charge in [0.1, 0.15) is 35.6 Å². The van der Waals surface area contributed by atoms with Gasteiger partial charge in [-0.25, -0.2) is 8.78 Å². The zero-order valence-corrected chi connectivity index (χ0v) is 16.3. The highest BCUT2D eigenvalue weighted by atomic mass is 35.5. The lowest BCUT2D eigenvalue weighted by molar-refractivity contribution is -0.112. The summed E-state index contributed by atoms with van der Waals surface area (Å²) in [5.41, 5.74) is 0.598. The lowest BCUT2D eigenvalue weighted by Gasteiger charge is -2.09. The first-order valence-electron chi connectivity index (χ1n) is 8.81. The van der Waals surface area contributed by atoms with E-state index in [1.54, 1.807) is 42.5 Å². The largest absolute Gasteiger partial charge is 0.487 e. The molecule has 0 saturated carbocycles. The van der Waals surface area contributed by atoms with Crippen molar-refractivity contribution in [2.75, 3.05) is 5.32 Å². The first kappa shape index (κ1) is 21.0. The number of carbonyl (C=O) groups excluding carboxylic acids is 1. The number of amides is 1. The summed E-state index contributed by atoms with van der Waals surface area (Å²) in [7, 11) is 0. The highest BCUT2D eigenvalue weighted by Crippen LogP contribution is 2.27. The van der Waals surface area contributed by atoms with Crippen molar-refractivity contribution >= 4 is 29.3 Å². The number of carbonyl (C=O) groups is 1. The number of halogens is 3. The van der Waals surface area contributed by atoms with Gasteiger partial charge in [-0.2, -0.15) is 5.26 Å². The molecule has 1 amide bonds. The van der Waals surface area contributed by atoms with Crippen LogP contribution in [0, 0.1) is 23.0 Å². The number of para-hydroxylation sites is 1. The fraction of sp³-hybridized carbons (Fsp3) is 0.0435. The van der Waals surface area contributed by atoms with Crippen LogP contribution in [0.5, 0.6) is 5.75 Å². The molecule has 0 aliphatic heterocycles. The quantitative estimate of drug-likeness (QED) is 0.405. The zero-order valence-electron chi connectivity index (χ0n) is 15.5. The maximum Gasteiger partial charge on any atom is 0.266 e. The summed E-state index contributed by atoms with van der Waals surface area (Å²) in [4.78, 5) is 12.3. The summed E-state index contributed by atoms with van der Waals surface area (Å²) in [6.07, 6.45) is 1.32. The average molecular weight is 425 g/mol. The molecule has 0 aliphatic rings. The minimum atomic E-state index is -0.751. The maximum atomic E-state index is 13.7. The van der Waals surface area contributed by atoms with Gasteiger partial charge in [-0.3, -0.25) is 4.79 Å². The molecule has 7 heteroatoms. The maximum absolute atomic E-state index is 13.7. The van der Waals surface area contributed by atoms with Crippen LogP contribution >= 0.6 is 11.6 Å². The zero-order chi connectivity index (χ0) is 21.5. The standard InChI is InChI=1S/C23H15ClF2N2O2/c24-18-12-15(9-10-22(18)30-14-16-5-1-2-6-19(16)25)11-17(13-27)23(29)28-21-8-4-3-7-20(21)26/h1-12H,14H2,(H,28,29)/b17-11+. The minimum absolute atomic E-state index is 0.00390. The number of nitrogens with zero attached hydrogens (tertiary/aromatic N) is 1. The van der Waals surface area contributed by atoms with E-state index < -0.39 is 11.7 Å². The second-order valence-corrected chi connectivity index (χ2v) is 6.58. The van der Waals surface area contributed by atoms with Crippen LogP contribution in [0.25, 0.3) is 6.08 Å². The van der Waals surface area contributed by atoms with Gasteiger partial charge in [0.15, 0.2) is 0 Å². The minimum Gasteiger partial charge on any atom is -0.487 e. The fourth-order valence-corrected chi connectivity index (χ4v) is 2.81. The van der Waals surface area contributed by atoms with Gasteiger partial charge < -0.3 is 10.1 Å². The van der Waals surface area contributed by atoms with Crippen molar-refractivity contribution < 1.29 is 18.3 Å². The van der Waals surface area contributed by atoms with Gasteiger partial charge in [-0.15, -0.1) is 0 Å². The van der Waals surface area contributed by atoms with Crippen LogP contribution in [-0.4, -0.2) is 5.91 Å². The van der Waals surface area contributed by atoms with Gasteiger partial charge in [0.05, 0.1) is 10.7 Å². The summed E-state index contributed by atoms with van der Waals surface area (Å²) in [6.45, 7) is -0.00390. The Hall–Kier alpha value is -3.69. The highest BCUT2D eigenvalue weighted by Gasteiger charge is 2.12. The van der Waals surface area contributed by atoms with E-state index in [9.17, 15) is 18.8 Å². The Labute approximate surface area is 177 Å². The summed E-state index contributed by atoms with van der Waals surface area (Å²) < 4.78 is 32.9. The van der Waals surface area contributed by atoms with Crippen LogP contribution in [0.4, 0.5) is 14.5 Å². The number of hydrogen-bond acceptors (Lipinski definition) is 3. The van der Waals surface area contributed by atoms with E-state index in [-0.39, 0.29) is 28.7 Å². The Balaban J connectivity index is 1.73. The monoisotopic (exact) mass is 424 g/mol. The van der Waals surface area contributed by atoms with Crippen molar-refractivity contribution in [1.82, 2.24) is 0 Å². The molecule has 4 nitrogen and oxygen atoms in total. The predicted octanol–water partition coefficient (Wildman–Crippen LogP) is 5.74. The molecular formula is C23H15ClF2N2O2. The first-order chi connectivity index (χ1) is 14.5. The summed E-state index contributed by atoms with van der Waals surface area (Å²) in [5.74, 6) is -1.42. The van der Waals surface area contributed by atoms with Gasteiger partial charge in [0, 0.05) is 5.56 Å². The lowest BCUT2D eigenvalue weighted by Crippen LogP contribution is -2.14. The highest BCUT2D eigenvalue weighted by molar-refractivity contribution is 6.32. The van der Waals surface area contributed by atoms with E-state index in [1.165, 1.54) is 36.4 Å². The number of ether oxygens (including phenoxy) is 1. The fourth-order valence-electron chi connectivity index (χ4n) is 2.56. The Bertz CT molecular complexity index is 1160. The van der Waals surface area contributed by atoms with Gasteiger partial charge >= 0.3 is 0 Å². The molecule has 0 atom stereocenters. The topological polar surface area (TPSA) is 62.1 Å². The summed E-state index contributed by atoms with van der Waals surface area (Å²) in [6, 6.07) is 18.3. The van der Waals surface area contributed by atoms with Gasteiger partial charge in [0.25, 0.3) is 5.91 Å². The van der Waals surface area contributed by atoms with Crippen LogP contribution in [0.3, 0.4) is 0 Å². The second kappa shape index (κ2) is 9.68. The molecule has 3 rings (SSSR count). The van der Waals surface area contributed by atoms with E-state index in [1.807, 2.05) is 0 Å². The Morgan fingerprint density at radius 2 is 1.77 bits per heavy atom. The van der Waals surface area contributed by atoms with Crippen molar-refractivity contribution in [3.63, 3.8) is 0 Å². The van der Waals surface area contributed by atoms with Crippen molar-refractivity contribution in [2.45, 2.75) is 6.61 Å². The van der Waals surface area contributed by atoms with E-state index >= 15 is 0 Å². The van der Waals surface area contributed by atoms with E-state index in [4.69, 9.17) is 16.3 Å². The number of nitrogens with one attached hydrogen (secondary N) is 1. The van der Waals surface area contributed by atoms with Crippen molar-refractivity contribution in [3.05, 3.63) is 100 Å². The number of anilines is 1. The number of nitriles is 1. The Kier molecular flexibility index (Phi) is 6.79. The first-order valence-corrected chi connectivity index (χ1v) is 9.19. The molecule has 0 spiro atoms. The van der Waals surface area contributed by atoms with Crippen LogP contribution in [0.1, 0.15) is 11.1 Å². The molecule has 0 heterocycles. The van der Waals surface area contributed by atoms with Crippen LogP contribution < -0.4 is 10.1 Å². The molecule has 0 bridgehead atoms. The van der Waals surface area contributed by atoms with Gasteiger partial charge in [-0.1, -0.05) is 48.0 Å². The Morgan fingerprint density at radius 3 is 2.43 bits per heavy atom. The average Bonchev–Trinajstić information content (AvgIpc) is 2.74. The SMILES string of the molecule is N#C/C(=C\c1ccc(OCc2ccccc2F)c(Cl)c1)C(=O)Nc1ccccc1F. The molecule has 0 fully saturated rings. The van der Waals surface area contributed by atoms with E-state index in [2.05, 4.69) is 5.32 Å². The Morgan fingerprint density at radius 1 is 1.07 bits per heavy atom. The van der Waals surface area contributed by atoms with Gasteiger partial charge in [-0.05, 0) is 42.0 Å². The number of hydrogen-bond donors (Lipinski definition) is 1. The molecule has 3 aromatic carbocycles. The van der Waals surface area contributed by atoms with Gasteiger partial charge in [0.2, 0.25) is 0 Å². The van der Waals surface area contributed by atoms with Crippen molar-refractivity contribution in [3.8, 4) is 11.8 Å².